The maximum atomic E-state index is 5.83. The van der Waals surface area contributed by atoms with Crippen LogP contribution < -0.4 is 5.73 Å². The van der Waals surface area contributed by atoms with Gasteiger partial charge in [0.05, 0.1) is 5.52 Å². The number of aromatic nitrogens is 1. The van der Waals surface area contributed by atoms with E-state index in [4.69, 9.17) is 10.7 Å². The normalized spacial score (nSPS) is 12.1. The van der Waals surface area contributed by atoms with Gasteiger partial charge in [-0.1, -0.05) is 26.0 Å². The zero-order chi connectivity index (χ0) is 14.2. The molecule has 0 aliphatic rings. The molecule has 0 saturated carbocycles. The summed E-state index contributed by atoms with van der Waals surface area (Å²) in [4.78, 5) is 4.87. The fourth-order valence-electron chi connectivity index (χ4n) is 2.42. The standard InChI is InChI=1S/C17H24N2/c1-11-6-7-15-12(2)8-14(9-17(4,5)10-18)19-16(15)13(11)3/h6-8H,9-10,18H2,1-5H3. The number of pyridine rings is 1. The molecule has 1 aromatic carbocycles. The van der Waals surface area contributed by atoms with Crippen molar-refractivity contribution in [3.8, 4) is 0 Å². The van der Waals surface area contributed by atoms with E-state index in [1.165, 1.54) is 22.1 Å². The van der Waals surface area contributed by atoms with Crippen LogP contribution in [0.2, 0.25) is 0 Å². The molecule has 0 bridgehead atoms. The fourth-order valence-corrected chi connectivity index (χ4v) is 2.42. The van der Waals surface area contributed by atoms with Gasteiger partial charge in [0.2, 0.25) is 0 Å². The molecule has 2 heteroatoms. The van der Waals surface area contributed by atoms with Gasteiger partial charge in [0.15, 0.2) is 0 Å². The lowest BCUT2D eigenvalue weighted by Gasteiger charge is -2.22. The monoisotopic (exact) mass is 256 g/mol. The Bertz CT molecular complexity index is 612. The third kappa shape index (κ3) is 2.79. The number of nitrogens with two attached hydrogens (primary N) is 1. The van der Waals surface area contributed by atoms with E-state index in [1.54, 1.807) is 0 Å². The van der Waals surface area contributed by atoms with Crippen LogP contribution in [0.3, 0.4) is 0 Å². The van der Waals surface area contributed by atoms with Crippen LogP contribution in [-0.2, 0) is 6.42 Å². The minimum absolute atomic E-state index is 0.102. The van der Waals surface area contributed by atoms with E-state index in [0.29, 0.717) is 6.54 Å². The molecule has 1 aromatic heterocycles. The van der Waals surface area contributed by atoms with E-state index >= 15 is 0 Å². The fraction of sp³-hybridized carbons (Fsp3) is 0.471. The van der Waals surface area contributed by atoms with Gasteiger partial charge in [-0.3, -0.25) is 4.98 Å². The van der Waals surface area contributed by atoms with Crippen LogP contribution >= 0.6 is 0 Å². The van der Waals surface area contributed by atoms with E-state index in [-0.39, 0.29) is 5.41 Å². The predicted octanol–water partition coefficient (Wildman–Crippen LogP) is 3.69. The zero-order valence-electron chi connectivity index (χ0n) is 12.7. The number of aryl methyl sites for hydroxylation is 3. The lowest BCUT2D eigenvalue weighted by atomic mass is 9.87. The average molecular weight is 256 g/mol. The topological polar surface area (TPSA) is 38.9 Å². The maximum Gasteiger partial charge on any atom is 0.0739 e. The van der Waals surface area contributed by atoms with Crippen LogP contribution in [0.15, 0.2) is 18.2 Å². The van der Waals surface area contributed by atoms with Gasteiger partial charge in [0.1, 0.15) is 0 Å². The highest BCUT2D eigenvalue weighted by atomic mass is 14.7. The highest BCUT2D eigenvalue weighted by Crippen LogP contribution is 2.26. The number of rotatable bonds is 3. The van der Waals surface area contributed by atoms with Crippen LogP contribution in [0.1, 0.15) is 36.2 Å². The summed E-state index contributed by atoms with van der Waals surface area (Å²) in [6.45, 7) is 11.5. The summed E-state index contributed by atoms with van der Waals surface area (Å²) >= 11 is 0. The lowest BCUT2D eigenvalue weighted by Crippen LogP contribution is -2.26. The molecule has 0 radical (unpaired) electrons. The molecule has 19 heavy (non-hydrogen) atoms. The van der Waals surface area contributed by atoms with Crippen molar-refractivity contribution in [3.05, 3.63) is 40.6 Å². The van der Waals surface area contributed by atoms with E-state index in [2.05, 4.69) is 52.8 Å². The first-order valence-electron chi connectivity index (χ1n) is 6.90. The van der Waals surface area contributed by atoms with Crippen LogP contribution in [0, 0.1) is 26.2 Å². The highest BCUT2D eigenvalue weighted by molar-refractivity contribution is 5.85. The SMILES string of the molecule is Cc1ccc2c(C)cc(CC(C)(C)CN)nc2c1C. The summed E-state index contributed by atoms with van der Waals surface area (Å²) in [5.74, 6) is 0. The molecule has 0 aliphatic carbocycles. The van der Waals surface area contributed by atoms with E-state index in [1.807, 2.05) is 0 Å². The quantitative estimate of drug-likeness (QED) is 0.909. The Morgan fingerprint density at radius 3 is 2.42 bits per heavy atom. The van der Waals surface area contributed by atoms with Crippen molar-refractivity contribution < 1.29 is 0 Å². The Morgan fingerprint density at radius 2 is 1.79 bits per heavy atom. The van der Waals surface area contributed by atoms with Crippen molar-refractivity contribution in [2.75, 3.05) is 6.54 Å². The van der Waals surface area contributed by atoms with E-state index in [9.17, 15) is 0 Å². The van der Waals surface area contributed by atoms with Gasteiger partial charge in [-0.15, -0.1) is 0 Å². The van der Waals surface area contributed by atoms with Crippen molar-refractivity contribution in [2.24, 2.45) is 11.1 Å². The number of hydrogen-bond donors (Lipinski definition) is 1. The molecule has 0 amide bonds. The van der Waals surface area contributed by atoms with Gasteiger partial charge in [0, 0.05) is 11.1 Å². The predicted molar refractivity (Wildman–Crippen MR) is 82.5 cm³/mol. The molecule has 1 heterocycles. The Balaban J connectivity index is 2.57. The summed E-state index contributed by atoms with van der Waals surface area (Å²) in [5, 5.41) is 1.26. The summed E-state index contributed by atoms with van der Waals surface area (Å²) in [5.41, 5.74) is 12.1. The minimum Gasteiger partial charge on any atom is -0.330 e. The third-order valence-corrected chi connectivity index (χ3v) is 3.98. The van der Waals surface area contributed by atoms with Crippen molar-refractivity contribution in [3.63, 3.8) is 0 Å². The zero-order valence-corrected chi connectivity index (χ0v) is 12.7. The lowest BCUT2D eigenvalue weighted by molar-refractivity contribution is 0.373. The third-order valence-electron chi connectivity index (χ3n) is 3.98. The molecule has 2 N–H and O–H groups in total. The molecule has 0 fully saturated rings. The molecule has 2 aromatic rings. The molecule has 0 aliphatic heterocycles. The van der Waals surface area contributed by atoms with E-state index < -0.39 is 0 Å². The van der Waals surface area contributed by atoms with Gasteiger partial charge >= 0.3 is 0 Å². The highest BCUT2D eigenvalue weighted by Gasteiger charge is 2.18. The molecule has 0 spiro atoms. The molecule has 2 nitrogen and oxygen atoms in total. The van der Waals surface area contributed by atoms with Gasteiger partial charge in [-0.05, 0) is 61.9 Å². The Kier molecular flexibility index (Phi) is 3.64. The van der Waals surface area contributed by atoms with Gasteiger partial charge < -0.3 is 5.73 Å². The Hall–Kier alpha value is -1.41. The van der Waals surface area contributed by atoms with Gasteiger partial charge in [0.25, 0.3) is 0 Å². The van der Waals surface area contributed by atoms with Gasteiger partial charge in [-0.25, -0.2) is 0 Å². The van der Waals surface area contributed by atoms with Crippen LogP contribution in [0.4, 0.5) is 0 Å². The maximum absolute atomic E-state index is 5.83. The second-order valence-electron chi connectivity index (χ2n) is 6.38. The second kappa shape index (κ2) is 4.93. The van der Waals surface area contributed by atoms with Crippen molar-refractivity contribution in [1.82, 2.24) is 4.98 Å². The number of hydrogen-bond acceptors (Lipinski definition) is 2. The summed E-state index contributed by atoms with van der Waals surface area (Å²) < 4.78 is 0. The number of fused-ring (bicyclic) bond motifs is 1. The van der Waals surface area contributed by atoms with Crippen LogP contribution in [-0.4, -0.2) is 11.5 Å². The minimum atomic E-state index is 0.102. The Labute approximate surface area is 116 Å². The summed E-state index contributed by atoms with van der Waals surface area (Å²) in [7, 11) is 0. The summed E-state index contributed by atoms with van der Waals surface area (Å²) in [6.07, 6.45) is 0.924. The first-order valence-corrected chi connectivity index (χ1v) is 6.90. The second-order valence-corrected chi connectivity index (χ2v) is 6.38. The summed E-state index contributed by atoms with van der Waals surface area (Å²) in [6, 6.07) is 6.56. The number of benzene rings is 1. The average Bonchev–Trinajstić information content (AvgIpc) is 2.34. The molecule has 0 saturated heterocycles. The van der Waals surface area contributed by atoms with E-state index in [0.717, 1.165) is 17.6 Å². The molecule has 0 unspecified atom stereocenters. The van der Waals surface area contributed by atoms with Gasteiger partial charge in [-0.2, -0.15) is 0 Å². The smallest absolute Gasteiger partial charge is 0.0739 e. The molecule has 2 rings (SSSR count). The largest absolute Gasteiger partial charge is 0.330 e. The molecule has 102 valence electrons. The molecular weight excluding hydrogens is 232 g/mol. The van der Waals surface area contributed by atoms with Crippen molar-refractivity contribution in [2.45, 2.75) is 41.0 Å². The molecular formula is C17H24N2. The number of nitrogens with zero attached hydrogens (tertiary/aromatic N) is 1. The van der Waals surface area contributed by atoms with Crippen molar-refractivity contribution in [1.29, 1.82) is 0 Å². The first-order chi connectivity index (χ1) is 8.84. The molecule has 0 atom stereocenters. The van der Waals surface area contributed by atoms with Crippen LogP contribution in [0.5, 0.6) is 0 Å². The Morgan fingerprint density at radius 1 is 1.11 bits per heavy atom. The van der Waals surface area contributed by atoms with Crippen LogP contribution in [0.25, 0.3) is 10.9 Å². The van der Waals surface area contributed by atoms with Crippen molar-refractivity contribution >= 4 is 10.9 Å². The first kappa shape index (κ1) is 14.0.